The molecule has 0 fully saturated rings. The Balaban J connectivity index is 2.54. The first-order valence-corrected chi connectivity index (χ1v) is 4.38. The van der Waals surface area contributed by atoms with E-state index in [0.717, 1.165) is 5.56 Å². The molecule has 0 amide bonds. The first-order valence-electron chi connectivity index (χ1n) is 4.01. The summed E-state index contributed by atoms with van der Waals surface area (Å²) in [5, 5.41) is 14.6. The van der Waals surface area contributed by atoms with Crippen molar-refractivity contribution >= 4 is 11.6 Å². The fraction of sp³-hybridized carbons (Fsp3) is 0.111. The predicted molar refractivity (Wildman–Crippen MR) is 50.6 cm³/mol. The van der Waals surface area contributed by atoms with Crippen LogP contribution in [0.4, 0.5) is 0 Å². The van der Waals surface area contributed by atoms with Gasteiger partial charge in [0.25, 0.3) is 0 Å². The van der Waals surface area contributed by atoms with Gasteiger partial charge in [-0.15, -0.1) is 0 Å². The Labute approximate surface area is 85.3 Å². The molecule has 14 heavy (non-hydrogen) atoms. The van der Waals surface area contributed by atoms with Crippen LogP contribution in [0.15, 0.2) is 28.9 Å². The molecule has 72 valence electrons. The molecule has 0 atom stereocenters. The lowest BCUT2D eigenvalue weighted by Crippen LogP contribution is -2.25. The molecule has 0 saturated heterocycles. The molecule has 2 rings (SSSR count). The van der Waals surface area contributed by atoms with E-state index in [1.54, 1.807) is 12.1 Å². The van der Waals surface area contributed by atoms with Crippen molar-refractivity contribution in [1.29, 1.82) is 0 Å². The van der Waals surface area contributed by atoms with E-state index in [9.17, 15) is 5.21 Å². The topological polar surface area (TPSA) is 53.0 Å². The maximum atomic E-state index is 11.1. The van der Waals surface area contributed by atoms with Crippen molar-refractivity contribution in [1.82, 2.24) is 5.16 Å². The number of hydrogen-bond acceptors (Lipinski definition) is 3. The Hall–Kier alpha value is -1.55. The molecular weight excluding hydrogens is 204 g/mol. The van der Waals surface area contributed by atoms with E-state index in [1.165, 1.54) is 0 Å². The maximum Gasteiger partial charge on any atom is 0.316 e. The van der Waals surface area contributed by atoms with Crippen LogP contribution < -0.4 is 4.90 Å². The summed E-state index contributed by atoms with van der Waals surface area (Å²) in [7, 11) is 0. The molecule has 0 aliphatic rings. The Bertz CT molecular complexity index is 431. The van der Waals surface area contributed by atoms with Gasteiger partial charge in [0.2, 0.25) is 5.69 Å². The molecule has 0 aliphatic carbocycles. The minimum absolute atomic E-state index is 0.0730. The maximum absolute atomic E-state index is 11.1. The Morgan fingerprint density at radius 3 is 2.50 bits per heavy atom. The lowest BCUT2D eigenvalue weighted by Gasteiger charge is -1.97. The van der Waals surface area contributed by atoms with E-state index in [2.05, 4.69) is 9.79 Å². The molecule has 1 aromatic carbocycles. The molecule has 0 N–H and O–H groups in total. The Morgan fingerprint density at radius 1 is 1.36 bits per heavy atom. The largest absolute Gasteiger partial charge is 0.359 e. The van der Waals surface area contributed by atoms with E-state index < -0.39 is 0 Å². The van der Waals surface area contributed by atoms with Gasteiger partial charge in [0, 0.05) is 5.56 Å². The molecule has 0 spiro atoms. The van der Waals surface area contributed by atoms with Crippen LogP contribution in [-0.2, 0) is 0 Å². The Morgan fingerprint density at radius 2 is 2.00 bits per heavy atom. The summed E-state index contributed by atoms with van der Waals surface area (Å²) in [6, 6.07) is 7.36. The summed E-state index contributed by atoms with van der Waals surface area (Å²) in [4.78, 5) is 0.299. The lowest BCUT2D eigenvalue weighted by atomic mass is 10.1. The highest BCUT2D eigenvalue weighted by molar-refractivity contribution is 6.31. The van der Waals surface area contributed by atoms with E-state index in [1.807, 2.05) is 19.1 Å². The van der Waals surface area contributed by atoms with Crippen LogP contribution in [0.5, 0.6) is 0 Å². The molecular formula is C9H7ClN2O2. The molecule has 1 aromatic heterocycles. The van der Waals surface area contributed by atoms with Gasteiger partial charge in [0.1, 0.15) is 0 Å². The predicted octanol–water partition coefficient (Wildman–Crippen LogP) is 1.94. The van der Waals surface area contributed by atoms with Gasteiger partial charge < -0.3 is 5.21 Å². The summed E-state index contributed by atoms with van der Waals surface area (Å²) in [6.45, 7) is 1.96. The number of nitrogens with zero attached hydrogens (tertiary/aromatic N) is 2. The molecule has 0 saturated carbocycles. The second-order valence-electron chi connectivity index (χ2n) is 2.94. The fourth-order valence-electron chi connectivity index (χ4n) is 1.17. The van der Waals surface area contributed by atoms with Crippen molar-refractivity contribution < 1.29 is 9.53 Å². The highest BCUT2D eigenvalue weighted by Crippen LogP contribution is 2.22. The van der Waals surface area contributed by atoms with Gasteiger partial charge >= 0.3 is 5.15 Å². The SMILES string of the molecule is Cc1ccc(-c2c(Cl)no[n+]2[O-])cc1. The van der Waals surface area contributed by atoms with E-state index in [4.69, 9.17) is 11.6 Å². The summed E-state index contributed by atoms with van der Waals surface area (Å²) in [5.74, 6) is 0. The molecule has 0 radical (unpaired) electrons. The van der Waals surface area contributed by atoms with E-state index >= 15 is 0 Å². The molecule has 0 unspecified atom stereocenters. The molecule has 2 aromatic rings. The third-order valence-electron chi connectivity index (χ3n) is 1.90. The number of hydrogen-bond donors (Lipinski definition) is 0. The minimum Gasteiger partial charge on any atom is -0.359 e. The zero-order chi connectivity index (χ0) is 10.1. The average molecular weight is 211 g/mol. The lowest BCUT2D eigenvalue weighted by molar-refractivity contribution is -0.793. The van der Waals surface area contributed by atoms with Crippen LogP contribution in [-0.4, -0.2) is 5.16 Å². The minimum atomic E-state index is 0.0730. The van der Waals surface area contributed by atoms with Crippen molar-refractivity contribution in [2.75, 3.05) is 0 Å². The summed E-state index contributed by atoms with van der Waals surface area (Å²) in [6.07, 6.45) is 0. The van der Waals surface area contributed by atoms with Gasteiger partial charge in [-0.05, 0) is 23.4 Å². The standard InChI is InChI=1S/C9H7ClN2O2/c1-6-2-4-7(5-3-6)8-9(10)11-14-12(8)13/h2-5H,1H3. The van der Waals surface area contributed by atoms with Crippen LogP contribution in [0.25, 0.3) is 11.3 Å². The third-order valence-corrected chi connectivity index (χ3v) is 2.15. The van der Waals surface area contributed by atoms with Gasteiger partial charge in [0.05, 0.1) is 5.16 Å². The highest BCUT2D eigenvalue weighted by atomic mass is 35.5. The average Bonchev–Trinajstić information content (AvgIpc) is 2.49. The summed E-state index contributed by atoms with van der Waals surface area (Å²) < 4.78 is 4.36. The van der Waals surface area contributed by atoms with E-state index in [-0.39, 0.29) is 10.8 Å². The van der Waals surface area contributed by atoms with Gasteiger partial charge in [-0.1, -0.05) is 29.8 Å². The number of benzene rings is 1. The van der Waals surface area contributed by atoms with Crippen molar-refractivity contribution in [3.8, 4) is 11.3 Å². The van der Waals surface area contributed by atoms with Crippen molar-refractivity contribution in [3.63, 3.8) is 0 Å². The van der Waals surface area contributed by atoms with Crippen molar-refractivity contribution in [2.24, 2.45) is 0 Å². The van der Waals surface area contributed by atoms with Crippen LogP contribution >= 0.6 is 11.6 Å². The van der Waals surface area contributed by atoms with Crippen LogP contribution in [0.3, 0.4) is 0 Å². The normalized spacial score (nSPS) is 10.4. The zero-order valence-corrected chi connectivity index (χ0v) is 8.15. The van der Waals surface area contributed by atoms with Crippen LogP contribution in [0, 0.1) is 12.1 Å². The smallest absolute Gasteiger partial charge is 0.316 e. The highest BCUT2D eigenvalue weighted by Gasteiger charge is 2.18. The van der Waals surface area contributed by atoms with Gasteiger partial charge in [-0.2, -0.15) is 0 Å². The molecule has 0 bridgehead atoms. The molecule has 1 heterocycles. The van der Waals surface area contributed by atoms with Gasteiger partial charge in [-0.3, -0.25) is 4.63 Å². The number of rotatable bonds is 1. The summed E-state index contributed by atoms with van der Waals surface area (Å²) in [5.41, 5.74) is 2.04. The number of halogens is 1. The molecule has 4 nitrogen and oxygen atoms in total. The quantitative estimate of drug-likeness (QED) is 0.676. The molecule has 0 aliphatic heterocycles. The van der Waals surface area contributed by atoms with Gasteiger partial charge in [-0.25, -0.2) is 0 Å². The van der Waals surface area contributed by atoms with Gasteiger partial charge in [0.15, 0.2) is 0 Å². The van der Waals surface area contributed by atoms with Crippen molar-refractivity contribution in [2.45, 2.75) is 6.92 Å². The monoisotopic (exact) mass is 210 g/mol. The number of aromatic nitrogens is 2. The molecule has 5 heteroatoms. The summed E-state index contributed by atoms with van der Waals surface area (Å²) >= 11 is 5.69. The van der Waals surface area contributed by atoms with Crippen molar-refractivity contribution in [3.05, 3.63) is 40.2 Å². The first-order chi connectivity index (χ1) is 6.68. The third kappa shape index (κ3) is 1.44. The zero-order valence-electron chi connectivity index (χ0n) is 7.40. The van der Waals surface area contributed by atoms with Crippen LogP contribution in [0.2, 0.25) is 5.15 Å². The van der Waals surface area contributed by atoms with Crippen LogP contribution in [0.1, 0.15) is 5.56 Å². The second-order valence-corrected chi connectivity index (χ2v) is 3.29. The fourth-order valence-corrected chi connectivity index (χ4v) is 1.38. The number of aryl methyl sites for hydroxylation is 1. The second kappa shape index (κ2) is 3.31. The van der Waals surface area contributed by atoms with E-state index in [0.29, 0.717) is 10.5 Å². The Kier molecular flexibility index (Phi) is 2.13. The first kappa shape index (κ1) is 9.02.